The standard InChI is InChI=1S/C43H47F7N10O5S2/c1-7-23-20-42(46,47)36(32(23)35(51)43(48,49)50)52-21-31(61)53-29(17-22-15-24(44)18-25(45)16-22)33-28(26-9-8-10-27-34(26)58(5)56-37(27)57-67(6,63)64)19-30-38(54-33)55-39(66-30)59-11-13-60(14-12-59)40(62)65-41(2,3)4/h8-10,15-16,18-19,23,29H,7,11-14,17,20-21,51H2,1-6H3,(H,53,61)(H,56,57)/t23-,29-/m0/s1. The smallest absolute Gasteiger partial charge is 0.431 e. The predicted octanol–water partition coefficient (Wildman–Crippen LogP) is 7.63. The van der Waals surface area contributed by atoms with Crippen LogP contribution in [0.4, 0.5) is 46.5 Å². The maximum Gasteiger partial charge on any atom is 0.431 e. The molecular formula is C43H47F7N10O5S2. The Bertz CT molecular complexity index is 2900. The number of hydrogen-bond donors (Lipinski definition) is 3. The van der Waals surface area contributed by atoms with Crippen molar-refractivity contribution < 1.29 is 53.5 Å². The van der Waals surface area contributed by atoms with Crippen molar-refractivity contribution in [2.75, 3.05) is 48.6 Å². The zero-order valence-electron chi connectivity index (χ0n) is 37.1. The number of nitrogens with one attached hydrogen (secondary N) is 2. The summed E-state index contributed by atoms with van der Waals surface area (Å²) in [4.78, 5) is 43.8. The van der Waals surface area contributed by atoms with Gasteiger partial charge in [0.2, 0.25) is 15.9 Å². The normalized spacial score (nSPS) is 18.8. The number of ether oxygens (including phenoxy) is 1. The number of anilines is 2. The highest BCUT2D eigenvalue weighted by molar-refractivity contribution is 7.92. The molecule has 24 heteroatoms. The minimum absolute atomic E-state index is 0.00385. The van der Waals surface area contributed by atoms with Crippen LogP contribution in [0, 0.1) is 17.6 Å². The van der Waals surface area contributed by atoms with Crippen LogP contribution in [-0.4, -0.2) is 107 Å². The van der Waals surface area contributed by atoms with Crippen molar-refractivity contribution in [2.24, 2.45) is 23.7 Å². The Kier molecular flexibility index (Phi) is 13.3. The molecule has 7 rings (SSSR count). The monoisotopic (exact) mass is 980 g/mol. The van der Waals surface area contributed by atoms with Crippen LogP contribution in [0.1, 0.15) is 57.8 Å². The molecule has 1 saturated carbocycles. The number of benzene rings is 2. The summed E-state index contributed by atoms with van der Waals surface area (Å²) >= 11 is 1.26. The third-order valence-corrected chi connectivity index (χ3v) is 12.7. The number of amides is 2. The van der Waals surface area contributed by atoms with Crippen molar-refractivity contribution in [1.29, 1.82) is 0 Å². The van der Waals surface area contributed by atoms with Crippen molar-refractivity contribution in [3.05, 3.63) is 76.6 Å². The molecule has 2 atom stereocenters. The molecule has 0 radical (unpaired) electrons. The summed E-state index contributed by atoms with van der Waals surface area (Å²) in [6.07, 6.45) is -6.17. The van der Waals surface area contributed by atoms with Crippen molar-refractivity contribution >= 4 is 71.3 Å². The molecule has 1 aliphatic carbocycles. The molecule has 2 aliphatic rings. The third kappa shape index (κ3) is 10.9. The first-order valence-corrected chi connectivity index (χ1v) is 23.6. The average Bonchev–Trinajstić information content (AvgIpc) is 3.86. The number of sulfonamides is 1. The number of nitrogens with zero attached hydrogens (tertiary/aromatic N) is 7. The van der Waals surface area contributed by atoms with Gasteiger partial charge in [0.05, 0.1) is 28.2 Å². The van der Waals surface area contributed by atoms with Crippen LogP contribution in [0.15, 0.2) is 58.7 Å². The van der Waals surface area contributed by atoms with Crippen LogP contribution >= 0.6 is 11.3 Å². The summed E-state index contributed by atoms with van der Waals surface area (Å²) in [6, 6.07) is 7.96. The summed E-state index contributed by atoms with van der Waals surface area (Å²) in [5.41, 5.74) is 2.14. The Morgan fingerprint density at radius 3 is 2.31 bits per heavy atom. The Labute approximate surface area is 384 Å². The number of rotatable bonds is 11. The summed E-state index contributed by atoms with van der Waals surface area (Å²) in [5, 5.41) is 7.95. The van der Waals surface area contributed by atoms with E-state index in [2.05, 4.69) is 20.1 Å². The van der Waals surface area contributed by atoms with Crippen LogP contribution in [0.25, 0.3) is 32.4 Å². The van der Waals surface area contributed by atoms with E-state index >= 15 is 8.78 Å². The van der Waals surface area contributed by atoms with Gasteiger partial charge >= 0.3 is 12.3 Å². The molecule has 15 nitrogen and oxygen atoms in total. The van der Waals surface area contributed by atoms with Crippen LogP contribution in [0.5, 0.6) is 0 Å². The first-order chi connectivity index (χ1) is 31.2. The lowest BCUT2D eigenvalue weighted by molar-refractivity contribution is -0.120. The van der Waals surface area contributed by atoms with Gasteiger partial charge in [0.1, 0.15) is 35.2 Å². The number of allylic oxidation sites excluding steroid dienone is 2. The van der Waals surface area contributed by atoms with E-state index in [1.165, 1.54) is 22.9 Å². The first-order valence-electron chi connectivity index (χ1n) is 20.9. The minimum Gasteiger partial charge on any atom is -0.444 e. The van der Waals surface area contributed by atoms with Crippen molar-refractivity contribution in [1.82, 2.24) is 30.0 Å². The molecule has 2 aromatic carbocycles. The van der Waals surface area contributed by atoms with Gasteiger partial charge in [-0.25, -0.2) is 27.0 Å². The number of carbonyl (C=O) groups is 2. The van der Waals surface area contributed by atoms with Gasteiger partial charge in [0.15, 0.2) is 16.6 Å². The molecular weight excluding hydrogens is 934 g/mol. The van der Waals surface area contributed by atoms with Crippen LogP contribution in [0.3, 0.4) is 0 Å². The third-order valence-electron chi connectivity index (χ3n) is 11.0. The number of aromatic nitrogens is 4. The van der Waals surface area contributed by atoms with Gasteiger partial charge in [0, 0.05) is 67.8 Å². The molecule has 4 heterocycles. The summed E-state index contributed by atoms with van der Waals surface area (Å²) in [7, 11) is -2.25. The van der Waals surface area contributed by atoms with Gasteiger partial charge in [0.25, 0.3) is 5.92 Å². The van der Waals surface area contributed by atoms with E-state index in [-0.39, 0.29) is 35.6 Å². The van der Waals surface area contributed by atoms with Gasteiger partial charge in [-0.1, -0.05) is 30.4 Å². The highest BCUT2D eigenvalue weighted by atomic mass is 32.2. The second kappa shape index (κ2) is 18.2. The van der Waals surface area contributed by atoms with Crippen LogP contribution in [-0.2, 0) is 33.0 Å². The Morgan fingerprint density at radius 1 is 1.03 bits per heavy atom. The van der Waals surface area contributed by atoms with E-state index in [9.17, 15) is 40.0 Å². The fourth-order valence-corrected chi connectivity index (χ4v) is 9.72. The predicted molar refractivity (Wildman–Crippen MR) is 239 cm³/mol. The second-order valence-corrected chi connectivity index (χ2v) is 20.1. The Morgan fingerprint density at radius 2 is 1.70 bits per heavy atom. The van der Waals surface area contributed by atoms with Crippen molar-refractivity contribution in [3.63, 3.8) is 0 Å². The molecule has 4 N–H and O–H groups in total. The van der Waals surface area contributed by atoms with Crippen LogP contribution < -0.4 is 20.7 Å². The van der Waals surface area contributed by atoms with E-state index < -0.39 is 93.3 Å². The molecule has 2 fully saturated rings. The molecule has 360 valence electrons. The van der Waals surface area contributed by atoms with Crippen molar-refractivity contribution in [3.8, 4) is 11.1 Å². The molecule has 0 bridgehead atoms. The maximum atomic E-state index is 15.4. The quantitative estimate of drug-likeness (QED) is 0.111. The number of carbonyl (C=O) groups excluding carboxylic acids is 2. The lowest BCUT2D eigenvalue weighted by atomic mass is 9.94. The maximum absolute atomic E-state index is 15.4. The largest absolute Gasteiger partial charge is 0.444 e. The molecule has 2 amide bonds. The number of hydrogen-bond acceptors (Lipinski definition) is 12. The number of para-hydroxylation sites is 1. The lowest BCUT2D eigenvalue weighted by Gasteiger charge is -2.35. The highest BCUT2D eigenvalue weighted by Gasteiger charge is 2.52. The Hall–Kier alpha value is -6.04. The summed E-state index contributed by atoms with van der Waals surface area (Å²) in [6.45, 7) is 7.00. The summed E-state index contributed by atoms with van der Waals surface area (Å²) < 4.78 is 136. The molecule has 0 spiro atoms. The van der Waals surface area contributed by atoms with Gasteiger partial charge in [-0.3, -0.25) is 19.2 Å². The number of fused-ring (bicyclic) bond motifs is 2. The fourth-order valence-electron chi connectivity index (χ4n) is 8.21. The molecule has 0 unspecified atom stereocenters. The number of thiazole rings is 1. The van der Waals surface area contributed by atoms with Gasteiger partial charge in [-0.05, 0) is 69.4 Å². The number of halogens is 7. The topological polar surface area (TPSA) is 190 Å². The van der Waals surface area contributed by atoms with Gasteiger partial charge in [-0.15, -0.1) is 0 Å². The van der Waals surface area contributed by atoms with E-state index in [0.717, 1.165) is 18.4 Å². The zero-order chi connectivity index (χ0) is 49.0. The fraction of sp³-hybridized carbons (Fsp3) is 0.442. The molecule has 5 aromatic rings. The van der Waals surface area contributed by atoms with Gasteiger partial charge in [-0.2, -0.15) is 32.0 Å². The minimum atomic E-state index is -5.17. The van der Waals surface area contributed by atoms with E-state index in [1.807, 2.05) is 4.90 Å². The van der Waals surface area contributed by atoms with Crippen LogP contribution in [0.2, 0.25) is 0 Å². The van der Waals surface area contributed by atoms with E-state index in [0.29, 0.717) is 64.1 Å². The molecule has 67 heavy (non-hydrogen) atoms. The molecule has 1 saturated heterocycles. The van der Waals surface area contributed by atoms with E-state index in [1.54, 1.807) is 57.0 Å². The highest BCUT2D eigenvalue weighted by Crippen LogP contribution is 2.46. The number of alkyl halides is 5. The first kappa shape index (κ1) is 48.9. The van der Waals surface area contributed by atoms with E-state index in [4.69, 9.17) is 20.4 Å². The SMILES string of the molecule is CC[C@H]1CC(F)(F)C(=NCC(=O)N[C@@H](Cc2cc(F)cc(F)c2)c2nc3nc(N4CCN(C(=O)OC(C)(C)C)CC4)sc3cc2-c2cccc3c(NS(C)(=O)=O)nn(C)c23)C1=C(N)C(F)(F)F. The average molecular weight is 981 g/mol. The Balaban J connectivity index is 1.35. The van der Waals surface area contributed by atoms with Gasteiger partial charge < -0.3 is 25.6 Å². The zero-order valence-corrected chi connectivity index (χ0v) is 38.7. The molecule has 1 aliphatic heterocycles. The number of nitrogens with two attached hydrogens (primary N) is 1. The lowest BCUT2D eigenvalue weighted by Crippen LogP contribution is -2.50. The second-order valence-electron chi connectivity index (χ2n) is 17.3. The number of pyridine rings is 1. The molecule has 3 aromatic heterocycles. The van der Waals surface area contributed by atoms with Crippen molar-refractivity contribution in [2.45, 2.75) is 70.7 Å². The summed E-state index contributed by atoms with van der Waals surface area (Å²) in [5.74, 6) is -8.13. The number of aliphatic imine (C=N–C) groups is 1. The number of piperazine rings is 1. The number of aryl methyl sites for hydroxylation is 1.